The summed E-state index contributed by atoms with van der Waals surface area (Å²) in [7, 11) is 0. The van der Waals surface area contributed by atoms with Gasteiger partial charge in [0.2, 0.25) is 0 Å². The van der Waals surface area contributed by atoms with E-state index in [2.05, 4.69) is 50.8 Å². The second-order valence-corrected chi connectivity index (χ2v) is 5.45. The summed E-state index contributed by atoms with van der Waals surface area (Å²) >= 11 is 0. The van der Waals surface area contributed by atoms with Gasteiger partial charge in [0.25, 0.3) is 0 Å². The molecule has 0 aliphatic heterocycles. The third-order valence-electron chi connectivity index (χ3n) is 4.00. The van der Waals surface area contributed by atoms with E-state index in [1.54, 1.807) is 0 Å². The van der Waals surface area contributed by atoms with Gasteiger partial charge in [0.05, 0.1) is 0 Å². The molecule has 108 valence electrons. The zero-order valence-electron chi connectivity index (χ0n) is 13.3. The van der Waals surface area contributed by atoms with Crippen molar-refractivity contribution in [3.63, 3.8) is 0 Å². The van der Waals surface area contributed by atoms with Crippen molar-refractivity contribution < 1.29 is 0 Å². The summed E-state index contributed by atoms with van der Waals surface area (Å²) in [5.41, 5.74) is 4.37. The van der Waals surface area contributed by atoms with E-state index in [0.29, 0.717) is 0 Å². The highest BCUT2D eigenvalue weighted by molar-refractivity contribution is 5.50. The lowest BCUT2D eigenvalue weighted by Gasteiger charge is -2.22. The number of hydrogen-bond donors (Lipinski definition) is 0. The lowest BCUT2D eigenvalue weighted by atomic mass is 10.0. The second-order valence-electron chi connectivity index (χ2n) is 5.45. The van der Waals surface area contributed by atoms with Gasteiger partial charge < -0.3 is 4.90 Å². The number of nitrogens with zero attached hydrogens (tertiary/aromatic N) is 1. The molecule has 0 fully saturated rings. The van der Waals surface area contributed by atoms with Crippen LogP contribution in [0.2, 0.25) is 0 Å². The van der Waals surface area contributed by atoms with E-state index in [4.69, 9.17) is 0 Å². The predicted octanol–water partition coefficient (Wildman–Crippen LogP) is 5.35. The Balaban J connectivity index is 2.52. The van der Waals surface area contributed by atoms with Gasteiger partial charge in [0.15, 0.2) is 0 Å². The maximum absolute atomic E-state index is 2.41. The average molecular weight is 261 g/mol. The minimum absolute atomic E-state index is 1.09. The average Bonchev–Trinajstić information content (AvgIpc) is 2.42. The Labute approximate surface area is 120 Å². The summed E-state index contributed by atoms with van der Waals surface area (Å²) in [6.07, 6.45) is 8.08. The number of unbranched alkanes of at least 4 members (excludes halogenated alkanes) is 4. The Morgan fingerprint density at radius 3 is 2.16 bits per heavy atom. The smallest absolute Gasteiger partial charge is 0.0368 e. The molecule has 0 saturated heterocycles. The molecule has 0 amide bonds. The third kappa shape index (κ3) is 5.26. The van der Waals surface area contributed by atoms with E-state index in [0.717, 1.165) is 13.1 Å². The Bertz CT molecular complexity index is 353. The molecule has 0 heterocycles. The standard InChI is InChI=1S/C18H31N/c1-5-8-9-10-11-12-17-13-14-18(15-16(17)4)19(6-2)7-3/h13-15H,5-12H2,1-4H3. The van der Waals surface area contributed by atoms with E-state index in [-0.39, 0.29) is 0 Å². The van der Waals surface area contributed by atoms with Crippen LogP contribution in [-0.4, -0.2) is 13.1 Å². The number of aryl methyl sites for hydroxylation is 2. The van der Waals surface area contributed by atoms with E-state index < -0.39 is 0 Å². The number of anilines is 1. The van der Waals surface area contributed by atoms with Gasteiger partial charge in [-0.25, -0.2) is 0 Å². The summed E-state index contributed by atoms with van der Waals surface area (Å²) in [4.78, 5) is 2.41. The zero-order chi connectivity index (χ0) is 14.1. The molecule has 1 aromatic carbocycles. The molecular weight excluding hydrogens is 230 g/mol. The molecule has 0 atom stereocenters. The molecule has 0 aromatic heterocycles. The van der Waals surface area contributed by atoms with Crippen LogP contribution in [-0.2, 0) is 6.42 Å². The molecular formula is C18H31N. The molecule has 0 saturated carbocycles. The van der Waals surface area contributed by atoms with Gasteiger partial charge in [-0.1, -0.05) is 38.7 Å². The highest BCUT2D eigenvalue weighted by Gasteiger charge is 2.04. The third-order valence-corrected chi connectivity index (χ3v) is 4.00. The molecule has 1 heteroatoms. The van der Waals surface area contributed by atoms with E-state index in [1.807, 2.05) is 0 Å². The lowest BCUT2D eigenvalue weighted by molar-refractivity contribution is 0.631. The van der Waals surface area contributed by atoms with Gasteiger partial charge in [-0.3, -0.25) is 0 Å². The molecule has 0 radical (unpaired) electrons. The summed E-state index contributed by atoms with van der Waals surface area (Å²) in [5, 5.41) is 0. The van der Waals surface area contributed by atoms with Crippen LogP contribution in [0.15, 0.2) is 18.2 Å². The minimum atomic E-state index is 1.09. The van der Waals surface area contributed by atoms with E-state index in [9.17, 15) is 0 Å². The molecule has 1 nitrogen and oxygen atoms in total. The fraction of sp³-hybridized carbons (Fsp3) is 0.667. The van der Waals surface area contributed by atoms with Crippen LogP contribution in [0.3, 0.4) is 0 Å². The maximum Gasteiger partial charge on any atom is 0.0368 e. The maximum atomic E-state index is 2.41. The summed E-state index contributed by atoms with van der Waals surface area (Å²) in [5.74, 6) is 0. The van der Waals surface area contributed by atoms with Crippen molar-refractivity contribution in [1.29, 1.82) is 0 Å². The van der Waals surface area contributed by atoms with Gasteiger partial charge in [0, 0.05) is 18.8 Å². The topological polar surface area (TPSA) is 3.24 Å². The fourth-order valence-corrected chi connectivity index (χ4v) is 2.67. The van der Waals surface area contributed by atoms with Crippen molar-refractivity contribution in [3.05, 3.63) is 29.3 Å². The summed E-state index contributed by atoms with van der Waals surface area (Å²) < 4.78 is 0. The van der Waals surface area contributed by atoms with Crippen LogP contribution in [0.5, 0.6) is 0 Å². The van der Waals surface area contributed by atoms with Crippen LogP contribution in [0, 0.1) is 6.92 Å². The first-order valence-corrected chi connectivity index (χ1v) is 8.07. The zero-order valence-corrected chi connectivity index (χ0v) is 13.3. The van der Waals surface area contributed by atoms with Crippen molar-refractivity contribution in [2.75, 3.05) is 18.0 Å². The van der Waals surface area contributed by atoms with Crippen molar-refractivity contribution in [2.45, 2.75) is 66.2 Å². The Hall–Kier alpha value is -0.980. The van der Waals surface area contributed by atoms with Gasteiger partial charge in [-0.15, -0.1) is 0 Å². The monoisotopic (exact) mass is 261 g/mol. The number of hydrogen-bond acceptors (Lipinski definition) is 1. The first-order valence-electron chi connectivity index (χ1n) is 8.07. The minimum Gasteiger partial charge on any atom is -0.372 e. The Kier molecular flexibility index (Phi) is 7.62. The highest BCUT2D eigenvalue weighted by Crippen LogP contribution is 2.20. The van der Waals surface area contributed by atoms with Crippen LogP contribution in [0.1, 0.15) is 64.0 Å². The van der Waals surface area contributed by atoms with Crippen LogP contribution < -0.4 is 4.90 Å². The molecule has 1 aromatic rings. The fourth-order valence-electron chi connectivity index (χ4n) is 2.67. The molecule has 0 aliphatic rings. The normalized spacial score (nSPS) is 10.7. The van der Waals surface area contributed by atoms with Crippen LogP contribution in [0.4, 0.5) is 5.69 Å². The lowest BCUT2D eigenvalue weighted by Crippen LogP contribution is -2.21. The highest BCUT2D eigenvalue weighted by atomic mass is 15.1. The molecule has 1 rings (SSSR count). The van der Waals surface area contributed by atoms with Crippen LogP contribution >= 0.6 is 0 Å². The van der Waals surface area contributed by atoms with Crippen LogP contribution in [0.25, 0.3) is 0 Å². The van der Waals surface area contributed by atoms with Gasteiger partial charge in [-0.2, -0.15) is 0 Å². The van der Waals surface area contributed by atoms with Crippen molar-refractivity contribution in [3.8, 4) is 0 Å². The number of rotatable bonds is 9. The van der Waals surface area contributed by atoms with Crippen molar-refractivity contribution in [2.24, 2.45) is 0 Å². The summed E-state index contributed by atoms with van der Waals surface area (Å²) in [6, 6.07) is 6.98. The first-order chi connectivity index (χ1) is 9.22. The predicted molar refractivity (Wildman–Crippen MR) is 87.2 cm³/mol. The first kappa shape index (κ1) is 16.1. The number of benzene rings is 1. The molecule has 0 bridgehead atoms. The molecule has 0 unspecified atom stereocenters. The van der Waals surface area contributed by atoms with Gasteiger partial charge in [-0.05, 0) is 56.9 Å². The molecule has 19 heavy (non-hydrogen) atoms. The second kappa shape index (κ2) is 9.01. The Morgan fingerprint density at radius 1 is 0.895 bits per heavy atom. The Morgan fingerprint density at radius 2 is 1.58 bits per heavy atom. The molecule has 0 spiro atoms. The van der Waals surface area contributed by atoms with Crippen molar-refractivity contribution >= 4 is 5.69 Å². The quantitative estimate of drug-likeness (QED) is 0.541. The molecule has 0 aliphatic carbocycles. The van der Waals surface area contributed by atoms with Gasteiger partial charge >= 0.3 is 0 Å². The van der Waals surface area contributed by atoms with Crippen molar-refractivity contribution in [1.82, 2.24) is 0 Å². The largest absolute Gasteiger partial charge is 0.372 e. The molecule has 0 N–H and O–H groups in total. The van der Waals surface area contributed by atoms with E-state index in [1.165, 1.54) is 55.3 Å². The van der Waals surface area contributed by atoms with Gasteiger partial charge in [0.1, 0.15) is 0 Å². The van der Waals surface area contributed by atoms with E-state index >= 15 is 0 Å². The SMILES string of the molecule is CCCCCCCc1ccc(N(CC)CC)cc1C. The summed E-state index contributed by atoms with van der Waals surface area (Å²) in [6.45, 7) is 11.2.